The van der Waals surface area contributed by atoms with Gasteiger partial charge in [0, 0.05) is 18.0 Å². The lowest BCUT2D eigenvalue weighted by Crippen LogP contribution is -2.30. The van der Waals surface area contributed by atoms with Crippen molar-refractivity contribution in [1.82, 2.24) is 10.7 Å². The van der Waals surface area contributed by atoms with E-state index in [1.54, 1.807) is 18.2 Å². The van der Waals surface area contributed by atoms with Crippen LogP contribution in [-0.2, 0) is 9.59 Å². The van der Waals surface area contributed by atoms with E-state index >= 15 is 0 Å². The molecular weight excluding hydrogens is 329 g/mol. The van der Waals surface area contributed by atoms with Crippen LogP contribution in [0.3, 0.4) is 0 Å². The summed E-state index contributed by atoms with van der Waals surface area (Å²) in [5, 5.41) is 3.59. The second-order valence-corrected chi connectivity index (χ2v) is 5.44. The van der Waals surface area contributed by atoms with Crippen molar-refractivity contribution in [2.75, 3.05) is 13.2 Å². The lowest BCUT2D eigenvalue weighted by atomic mass is 10.2. The van der Waals surface area contributed by atoms with Gasteiger partial charge in [0.1, 0.15) is 5.75 Å². The Kier molecular flexibility index (Phi) is 8.65. The molecule has 0 aromatic heterocycles. The highest BCUT2D eigenvalue weighted by atomic mass is 35.5. The predicted octanol–water partition coefficient (Wildman–Crippen LogP) is 2.04. The van der Waals surface area contributed by atoms with Gasteiger partial charge in [-0.05, 0) is 31.0 Å². The number of halogens is 2. The average Bonchev–Trinajstić information content (AvgIpc) is 2.49. The van der Waals surface area contributed by atoms with Crippen LogP contribution in [0.1, 0.15) is 25.7 Å². The largest absolute Gasteiger partial charge is 0.482 e. The SMILES string of the molecule is NNC(=O)CCCCCNC(=O)COc1ccc(Cl)cc1Cl. The summed E-state index contributed by atoms with van der Waals surface area (Å²) >= 11 is 11.7. The average molecular weight is 348 g/mol. The van der Waals surface area contributed by atoms with E-state index in [4.69, 9.17) is 33.8 Å². The Labute approximate surface area is 139 Å². The topological polar surface area (TPSA) is 93.5 Å². The minimum Gasteiger partial charge on any atom is -0.482 e. The summed E-state index contributed by atoms with van der Waals surface area (Å²) in [4.78, 5) is 22.5. The number of ether oxygens (including phenoxy) is 1. The van der Waals surface area contributed by atoms with Gasteiger partial charge in [-0.2, -0.15) is 0 Å². The molecule has 0 saturated heterocycles. The van der Waals surface area contributed by atoms with Crippen LogP contribution in [-0.4, -0.2) is 25.0 Å². The van der Waals surface area contributed by atoms with Crippen LogP contribution in [0.25, 0.3) is 0 Å². The van der Waals surface area contributed by atoms with E-state index in [1.165, 1.54) is 0 Å². The van der Waals surface area contributed by atoms with Crippen molar-refractivity contribution in [3.8, 4) is 5.75 Å². The second-order valence-electron chi connectivity index (χ2n) is 4.59. The predicted molar refractivity (Wildman–Crippen MR) is 85.8 cm³/mol. The monoisotopic (exact) mass is 347 g/mol. The first kappa shape index (κ1) is 18.5. The van der Waals surface area contributed by atoms with E-state index in [0.29, 0.717) is 28.8 Å². The molecule has 2 amide bonds. The molecular formula is C14H19Cl2N3O3. The quantitative estimate of drug-likeness (QED) is 0.276. The standard InChI is InChI=1S/C14H19Cl2N3O3/c15-10-5-6-12(11(16)8-10)22-9-14(21)18-7-3-1-2-4-13(20)19-17/h5-6,8H,1-4,7,9,17H2,(H,18,21)(H,19,20). The van der Waals surface area contributed by atoms with E-state index in [2.05, 4.69) is 10.7 Å². The van der Waals surface area contributed by atoms with Crippen LogP contribution < -0.4 is 21.3 Å². The third kappa shape index (κ3) is 7.49. The number of unbranched alkanes of at least 4 members (excludes halogenated alkanes) is 2. The van der Waals surface area contributed by atoms with Gasteiger partial charge in [0.25, 0.3) is 5.91 Å². The van der Waals surface area contributed by atoms with Crippen molar-refractivity contribution in [2.24, 2.45) is 5.84 Å². The highest BCUT2D eigenvalue weighted by Crippen LogP contribution is 2.27. The Morgan fingerprint density at radius 2 is 1.91 bits per heavy atom. The second kappa shape index (κ2) is 10.3. The maximum absolute atomic E-state index is 11.6. The number of benzene rings is 1. The number of nitrogens with two attached hydrogens (primary N) is 1. The van der Waals surface area contributed by atoms with E-state index < -0.39 is 0 Å². The number of hydrogen-bond donors (Lipinski definition) is 3. The first-order chi connectivity index (χ1) is 10.5. The summed E-state index contributed by atoms with van der Waals surface area (Å²) < 4.78 is 5.31. The first-order valence-corrected chi connectivity index (χ1v) is 7.62. The highest BCUT2D eigenvalue weighted by Gasteiger charge is 2.06. The molecule has 0 heterocycles. The van der Waals surface area contributed by atoms with Gasteiger partial charge in [-0.3, -0.25) is 15.0 Å². The lowest BCUT2D eigenvalue weighted by Gasteiger charge is -2.09. The first-order valence-electron chi connectivity index (χ1n) is 6.87. The molecule has 4 N–H and O–H groups in total. The van der Waals surface area contributed by atoms with Gasteiger partial charge in [-0.15, -0.1) is 0 Å². The zero-order valence-corrected chi connectivity index (χ0v) is 13.5. The third-order valence-corrected chi connectivity index (χ3v) is 3.35. The zero-order valence-electron chi connectivity index (χ0n) is 12.0. The molecule has 6 nitrogen and oxygen atoms in total. The van der Waals surface area contributed by atoms with Crippen LogP contribution in [0.5, 0.6) is 5.75 Å². The summed E-state index contributed by atoms with van der Waals surface area (Å²) in [6, 6.07) is 4.80. The molecule has 1 aromatic carbocycles. The molecule has 0 radical (unpaired) electrons. The molecule has 0 aliphatic rings. The Morgan fingerprint density at radius 1 is 1.14 bits per heavy atom. The van der Waals surface area contributed by atoms with E-state index in [1.807, 2.05) is 0 Å². The minimum absolute atomic E-state index is 0.114. The van der Waals surface area contributed by atoms with Crippen molar-refractivity contribution >= 4 is 35.0 Å². The van der Waals surface area contributed by atoms with Gasteiger partial charge in [0.2, 0.25) is 5.91 Å². The molecule has 0 atom stereocenters. The van der Waals surface area contributed by atoms with Crippen molar-refractivity contribution in [1.29, 1.82) is 0 Å². The number of carbonyl (C=O) groups excluding carboxylic acids is 2. The zero-order chi connectivity index (χ0) is 16.4. The molecule has 0 fully saturated rings. The molecule has 0 unspecified atom stereocenters. The van der Waals surface area contributed by atoms with Gasteiger partial charge in [0.15, 0.2) is 6.61 Å². The number of nitrogens with one attached hydrogen (secondary N) is 2. The third-order valence-electron chi connectivity index (χ3n) is 2.82. The van der Waals surface area contributed by atoms with Gasteiger partial charge >= 0.3 is 0 Å². The highest BCUT2D eigenvalue weighted by molar-refractivity contribution is 6.35. The molecule has 122 valence electrons. The van der Waals surface area contributed by atoms with E-state index in [9.17, 15) is 9.59 Å². The molecule has 1 rings (SSSR count). The minimum atomic E-state index is -0.231. The number of amides is 2. The Balaban J connectivity index is 2.12. The molecule has 8 heteroatoms. The Bertz CT molecular complexity index is 512. The fourth-order valence-corrected chi connectivity index (χ4v) is 2.14. The van der Waals surface area contributed by atoms with E-state index in [0.717, 1.165) is 19.3 Å². The summed E-state index contributed by atoms with van der Waals surface area (Å²) in [6.07, 6.45) is 2.74. The number of hydrazine groups is 1. The molecule has 22 heavy (non-hydrogen) atoms. The number of carbonyl (C=O) groups is 2. The Morgan fingerprint density at radius 3 is 2.59 bits per heavy atom. The molecule has 0 bridgehead atoms. The fraction of sp³-hybridized carbons (Fsp3) is 0.429. The molecule has 0 aliphatic carbocycles. The van der Waals surface area contributed by atoms with Gasteiger partial charge in [-0.25, -0.2) is 5.84 Å². The summed E-state index contributed by atoms with van der Waals surface area (Å²) in [7, 11) is 0. The molecule has 0 saturated carbocycles. The molecule has 1 aromatic rings. The lowest BCUT2D eigenvalue weighted by molar-refractivity contribution is -0.123. The summed E-state index contributed by atoms with van der Waals surface area (Å²) in [5.74, 6) is 4.96. The maximum atomic E-state index is 11.6. The van der Waals surface area contributed by atoms with E-state index in [-0.39, 0.29) is 18.4 Å². The van der Waals surface area contributed by atoms with Crippen LogP contribution in [0.2, 0.25) is 10.0 Å². The fourth-order valence-electron chi connectivity index (χ4n) is 1.67. The maximum Gasteiger partial charge on any atom is 0.257 e. The van der Waals surface area contributed by atoms with Crippen LogP contribution in [0.15, 0.2) is 18.2 Å². The van der Waals surface area contributed by atoms with Gasteiger partial charge in [-0.1, -0.05) is 29.6 Å². The molecule has 0 spiro atoms. The smallest absolute Gasteiger partial charge is 0.257 e. The summed E-state index contributed by atoms with van der Waals surface area (Å²) in [5.41, 5.74) is 2.07. The number of rotatable bonds is 9. The number of hydrogen-bond acceptors (Lipinski definition) is 4. The van der Waals surface area contributed by atoms with Crippen LogP contribution in [0, 0.1) is 0 Å². The van der Waals surface area contributed by atoms with Crippen LogP contribution in [0.4, 0.5) is 0 Å². The van der Waals surface area contributed by atoms with Gasteiger partial charge in [0.05, 0.1) is 5.02 Å². The van der Waals surface area contributed by atoms with Crippen molar-refractivity contribution in [3.63, 3.8) is 0 Å². The van der Waals surface area contributed by atoms with Gasteiger partial charge < -0.3 is 10.1 Å². The van der Waals surface area contributed by atoms with Crippen molar-refractivity contribution < 1.29 is 14.3 Å². The van der Waals surface area contributed by atoms with Crippen molar-refractivity contribution in [2.45, 2.75) is 25.7 Å². The summed E-state index contributed by atoms with van der Waals surface area (Å²) in [6.45, 7) is 0.414. The van der Waals surface area contributed by atoms with Crippen LogP contribution >= 0.6 is 23.2 Å². The Hall–Kier alpha value is -1.50. The van der Waals surface area contributed by atoms with Crippen molar-refractivity contribution in [3.05, 3.63) is 28.2 Å². The molecule has 0 aliphatic heterocycles. The normalized spacial score (nSPS) is 10.1.